The van der Waals surface area contributed by atoms with Crippen LogP contribution in [0.4, 0.5) is 0 Å². The second-order valence-electron chi connectivity index (χ2n) is 15.4. The molecule has 5 nitrogen and oxygen atoms in total. The van der Waals surface area contributed by atoms with Gasteiger partial charge in [-0.25, -0.2) is 0 Å². The third-order valence-corrected chi connectivity index (χ3v) is 11.8. The van der Waals surface area contributed by atoms with Gasteiger partial charge in [0.25, 0.3) is 0 Å². The van der Waals surface area contributed by atoms with Crippen LogP contribution in [0.3, 0.4) is 0 Å². The second kappa shape index (κ2) is 11.2. The van der Waals surface area contributed by atoms with Crippen LogP contribution >= 0.6 is 0 Å². The molecule has 4 heterocycles. The Morgan fingerprint density at radius 2 is 0.870 bits per heavy atom. The quantitative estimate of drug-likeness (QED) is 0.171. The fourth-order valence-corrected chi connectivity index (χ4v) is 8.25. The average molecular weight is 703 g/mol. The zero-order chi connectivity index (χ0) is 36.3. The molecular weight excluding hydrogens is 667 g/mol. The normalized spacial score (nSPS) is 15.5. The number of furan rings is 3. The summed E-state index contributed by atoms with van der Waals surface area (Å²) in [4.78, 5) is 0. The number of rotatable bonds is 4. The Kier molecular flexibility index (Phi) is 6.53. The van der Waals surface area contributed by atoms with Crippen LogP contribution in [0, 0.1) is 0 Å². The summed E-state index contributed by atoms with van der Waals surface area (Å²) in [6.45, 7) is 8.32. The van der Waals surface area contributed by atoms with E-state index >= 15 is 0 Å². The molecule has 1 aliphatic heterocycles. The smallest absolute Gasteiger partial charge is 0.456 e. The van der Waals surface area contributed by atoms with E-state index in [2.05, 4.69) is 137 Å². The van der Waals surface area contributed by atoms with Gasteiger partial charge in [-0.05, 0) is 97.9 Å². The Morgan fingerprint density at radius 3 is 1.54 bits per heavy atom. The van der Waals surface area contributed by atoms with E-state index in [1.807, 2.05) is 30.3 Å². The van der Waals surface area contributed by atoms with Crippen molar-refractivity contribution in [2.75, 3.05) is 0 Å². The maximum Gasteiger partial charge on any atom is 0.494 e. The first-order valence-electron chi connectivity index (χ1n) is 18.5. The molecule has 0 saturated carbocycles. The monoisotopic (exact) mass is 702 g/mol. The molecule has 10 aromatic rings. The van der Waals surface area contributed by atoms with Crippen molar-refractivity contribution >= 4 is 78.4 Å². The lowest BCUT2D eigenvalue weighted by molar-refractivity contribution is 0.00578. The fraction of sp³-hybridized carbons (Fsp3) is 0.125. The van der Waals surface area contributed by atoms with Gasteiger partial charge in [-0.2, -0.15) is 0 Å². The highest BCUT2D eigenvalue weighted by atomic mass is 16.7. The lowest BCUT2D eigenvalue weighted by Gasteiger charge is -2.32. The third-order valence-electron chi connectivity index (χ3n) is 11.8. The van der Waals surface area contributed by atoms with E-state index in [4.69, 9.17) is 22.6 Å². The molecule has 0 radical (unpaired) electrons. The van der Waals surface area contributed by atoms with Crippen molar-refractivity contribution in [1.29, 1.82) is 0 Å². The standard InChI is InChI=1S/C48H35BO5/c1-47(2)48(3,4)54-49(53-47)30-20-17-28(18-21-30)32-23-24-34(44-37-13-7-10-16-41(37)51-45(32)44)35-25-22-31(43-36-12-6-9-15-40(36)52-46(35)43)29-19-26-42-38(27-29)33-11-5-8-14-39(33)50-42/h5-27H,1-4H3. The highest BCUT2D eigenvalue weighted by molar-refractivity contribution is 6.62. The number of fused-ring (bicyclic) bond motifs is 9. The SMILES string of the molecule is CC1(C)OB(c2ccc(-c3ccc(-c4ccc(-c5ccc6oc7ccccc7c6c5)c5c4oc4ccccc45)c4c3oc3ccccc34)cc2)OC1(C)C. The van der Waals surface area contributed by atoms with E-state index in [0.717, 1.165) is 105 Å². The molecule has 0 aliphatic carbocycles. The Hall–Kier alpha value is -6.08. The minimum Gasteiger partial charge on any atom is -0.456 e. The number of benzene rings is 7. The molecule has 1 aliphatic rings. The summed E-state index contributed by atoms with van der Waals surface area (Å²) in [6, 6.07) is 48.6. The number of hydrogen-bond donors (Lipinski definition) is 0. The Bertz CT molecular complexity index is 3110. The molecule has 0 amide bonds. The summed E-state index contributed by atoms with van der Waals surface area (Å²) < 4.78 is 32.4. The predicted molar refractivity (Wildman–Crippen MR) is 220 cm³/mol. The summed E-state index contributed by atoms with van der Waals surface area (Å²) in [5.74, 6) is 0. The van der Waals surface area contributed by atoms with Crippen molar-refractivity contribution in [1.82, 2.24) is 0 Å². The van der Waals surface area contributed by atoms with E-state index in [-0.39, 0.29) is 0 Å². The maximum atomic E-state index is 6.81. The van der Waals surface area contributed by atoms with Crippen LogP contribution < -0.4 is 5.46 Å². The van der Waals surface area contributed by atoms with Crippen LogP contribution in [-0.4, -0.2) is 18.3 Å². The van der Waals surface area contributed by atoms with Gasteiger partial charge in [0.2, 0.25) is 0 Å². The van der Waals surface area contributed by atoms with Crippen molar-refractivity contribution in [3.8, 4) is 33.4 Å². The van der Waals surface area contributed by atoms with E-state index in [0.29, 0.717) is 0 Å². The highest BCUT2D eigenvalue weighted by Gasteiger charge is 2.51. The van der Waals surface area contributed by atoms with Gasteiger partial charge in [0.1, 0.15) is 33.5 Å². The van der Waals surface area contributed by atoms with Gasteiger partial charge in [0.15, 0.2) is 0 Å². The number of para-hydroxylation sites is 3. The largest absolute Gasteiger partial charge is 0.494 e. The third kappa shape index (κ3) is 4.54. The molecule has 7 aromatic carbocycles. The Morgan fingerprint density at radius 1 is 0.389 bits per heavy atom. The van der Waals surface area contributed by atoms with E-state index in [1.54, 1.807) is 0 Å². The zero-order valence-electron chi connectivity index (χ0n) is 30.4. The molecular formula is C48H35BO5. The van der Waals surface area contributed by atoms with Crippen molar-refractivity contribution in [3.63, 3.8) is 0 Å². The highest BCUT2D eigenvalue weighted by Crippen LogP contribution is 2.47. The molecule has 3 aromatic heterocycles. The van der Waals surface area contributed by atoms with Crippen molar-refractivity contribution in [3.05, 3.63) is 140 Å². The van der Waals surface area contributed by atoms with E-state index in [1.165, 1.54) is 0 Å². The molecule has 6 heteroatoms. The summed E-state index contributed by atoms with van der Waals surface area (Å²) in [6.07, 6.45) is 0. The van der Waals surface area contributed by atoms with Gasteiger partial charge in [-0.3, -0.25) is 0 Å². The first-order chi connectivity index (χ1) is 26.2. The van der Waals surface area contributed by atoms with Gasteiger partial charge in [0.05, 0.1) is 11.2 Å². The Labute approximate surface area is 311 Å². The van der Waals surface area contributed by atoms with Crippen LogP contribution in [0.15, 0.2) is 153 Å². The summed E-state index contributed by atoms with van der Waals surface area (Å²) in [5, 5.41) is 6.48. The molecule has 1 saturated heterocycles. The van der Waals surface area contributed by atoms with Gasteiger partial charge in [-0.1, -0.05) is 97.1 Å². The van der Waals surface area contributed by atoms with Crippen LogP contribution in [0.2, 0.25) is 0 Å². The minimum absolute atomic E-state index is 0.404. The van der Waals surface area contributed by atoms with Crippen molar-refractivity contribution < 1.29 is 22.6 Å². The zero-order valence-corrected chi connectivity index (χ0v) is 30.4. The van der Waals surface area contributed by atoms with E-state index in [9.17, 15) is 0 Å². The van der Waals surface area contributed by atoms with Crippen LogP contribution in [0.1, 0.15) is 27.7 Å². The van der Waals surface area contributed by atoms with Gasteiger partial charge >= 0.3 is 7.12 Å². The first kappa shape index (κ1) is 31.5. The van der Waals surface area contributed by atoms with Crippen molar-refractivity contribution in [2.45, 2.75) is 38.9 Å². The second-order valence-corrected chi connectivity index (χ2v) is 15.4. The topological polar surface area (TPSA) is 57.9 Å². The lowest BCUT2D eigenvalue weighted by Crippen LogP contribution is -2.41. The number of hydrogen-bond acceptors (Lipinski definition) is 5. The summed E-state index contributed by atoms with van der Waals surface area (Å²) >= 11 is 0. The van der Waals surface area contributed by atoms with Gasteiger partial charge in [-0.15, -0.1) is 0 Å². The van der Waals surface area contributed by atoms with Crippen molar-refractivity contribution in [2.24, 2.45) is 0 Å². The lowest BCUT2D eigenvalue weighted by atomic mass is 9.78. The minimum atomic E-state index is -0.423. The molecule has 1 fully saturated rings. The molecule has 0 unspecified atom stereocenters. The predicted octanol–water partition coefficient (Wildman–Crippen LogP) is 12.7. The average Bonchev–Trinajstić information content (AvgIpc) is 3.93. The Balaban J connectivity index is 1.10. The van der Waals surface area contributed by atoms with Gasteiger partial charge in [0, 0.05) is 43.4 Å². The molecule has 11 rings (SSSR count). The van der Waals surface area contributed by atoms with Crippen LogP contribution in [0.5, 0.6) is 0 Å². The molecule has 0 bridgehead atoms. The van der Waals surface area contributed by atoms with Gasteiger partial charge < -0.3 is 22.6 Å². The molecule has 0 atom stereocenters. The van der Waals surface area contributed by atoms with Crippen LogP contribution in [-0.2, 0) is 9.31 Å². The fourth-order valence-electron chi connectivity index (χ4n) is 8.25. The van der Waals surface area contributed by atoms with Crippen LogP contribution in [0.25, 0.3) is 99.2 Å². The molecule has 54 heavy (non-hydrogen) atoms. The maximum absolute atomic E-state index is 6.81. The summed E-state index contributed by atoms with van der Waals surface area (Å²) in [7, 11) is -0.423. The first-order valence-corrected chi connectivity index (χ1v) is 18.5. The molecule has 0 spiro atoms. The molecule has 0 N–H and O–H groups in total. The van der Waals surface area contributed by atoms with E-state index < -0.39 is 18.3 Å². The molecule has 260 valence electrons. The summed E-state index contributed by atoms with van der Waals surface area (Å²) in [5.41, 5.74) is 11.7.